The van der Waals surface area contributed by atoms with Crippen LogP contribution in [-0.2, 0) is 33.2 Å². The van der Waals surface area contributed by atoms with E-state index in [2.05, 4.69) is 6.92 Å². The van der Waals surface area contributed by atoms with Crippen molar-refractivity contribution in [3.8, 4) is 0 Å². The van der Waals surface area contributed by atoms with Gasteiger partial charge in [0.05, 0.1) is 42.9 Å². The maximum Gasteiger partial charge on any atom is 0.312 e. The lowest BCUT2D eigenvalue weighted by Gasteiger charge is -2.51. The number of allylic oxidation sites excluding steroid dienone is 1. The van der Waals surface area contributed by atoms with Crippen LogP contribution in [0.15, 0.2) is 23.3 Å². The van der Waals surface area contributed by atoms with Crippen molar-refractivity contribution in [2.24, 2.45) is 23.2 Å². The average Bonchev–Trinajstić information content (AvgIpc) is 3.32. The van der Waals surface area contributed by atoms with Gasteiger partial charge in [-0.1, -0.05) is 24.6 Å². The number of aliphatic hydroxyl groups excluding tert-OH is 3. The van der Waals surface area contributed by atoms with Crippen LogP contribution in [-0.4, -0.2) is 90.0 Å². The molecule has 0 aromatic heterocycles. The summed E-state index contributed by atoms with van der Waals surface area (Å²) in [6.07, 6.45) is 2.15. The molecule has 212 valence electrons. The lowest BCUT2D eigenvalue weighted by atomic mass is 9.55. The molecule has 3 N–H and O–H groups in total. The van der Waals surface area contributed by atoms with Crippen molar-refractivity contribution in [2.45, 2.75) is 108 Å². The fraction of sp³-hybridized carbons (Fsp3) is 0.821. The van der Waals surface area contributed by atoms with Gasteiger partial charge in [0.15, 0.2) is 18.4 Å². The van der Waals surface area contributed by atoms with Crippen molar-refractivity contribution < 1.29 is 48.5 Å². The van der Waals surface area contributed by atoms with Crippen molar-refractivity contribution in [3.05, 3.63) is 23.3 Å². The van der Waals surface area contributed by atoms with E-state index < -0.39 is 54.7 Å². The Bertz CT molecular complexity index is 1010. The minimum atomic E-state index is -1.11. The summed E-state index contributed by atoms with van der Waals surface area (Å²) in [6.45, 7) is 5.92. The highest BCUT2D eigenvalue weighted by molar-refractivity contribution is 5.75. The number of ether oxygens (including phenoxy) is 6. The molecule has 3 saturated heterocycles. The molecular weight excluding hydrogens is 496 g/mol. The molecule has 0 unspecified atom stereocenters. The lowest BCUT2D eigenvalue weighted by Crippen LogP contribution is -2.52. The molecule has 1 saturated carbocycles. The summed E-state index contributed by atoms with van der Waals surface area (Å²) < 4.78 is 35.2. The van der Waals surface area contributed by atoms with E-state index in [1.807, 2.05) is 19.1 Å². The molecule has 0 aromatic rings. The summed E-state index contributed by atoms with van der Waals surface area (Å²) in [4.78, 5) is 13.5. The van der Waals surface area contributed by atoms with Gasteiger partial charge in [-0.2, -0.15) is 0 Å². The first-order valence-corrected chi connectivity index (χ1v) is 13.9. The van der Waals surface area contributed by atoms with E-state index in [0.29, 0.717) is 24.8 Å². The van der Waals surface area contributed by atoms with Gasteiger partial charge in [-0.15, -0.1) is 0 Å². The van der Waals surface area contributed by atoms with Crippen LogP contribution in [0.3, 0.4) is 0 Å². The molecule has 0 radical (unpaired) electrons. The van der Waals surface area contributed by atoms with E-state index in [0.717, 1.165) is 18.4 Å². The summed E-state index contributed by atoms with van der Waals surface area (Å²) >= 11 is 0. The van der Waals surface area contributed by atoms with Crippen LogP contribution in [0.5, 0.6) is 0 Å². The summed E-state index contributed by atoms with van der Waals surface area (Å²) in [7, 11) is 1.58. The molecule has 13 atom stereocenters. The topological polar surface area (TPSA) is 133 Å². The van der Waals surface area contributed by atoms with E-state index in [1.165, 1.54) is 0 Å². The first-order chi connectivity index (χ1) is 18.0. The fourth-order valence-corrected chi connectivity index (χ4v) is 7.86. The highest BCUT2D eigenvalue weighted by Gasteiger charge is 2.61. The van der Waals surface area contributed by atoms with E-state index in [-0.39, 0.29) is 36.1 Å². The number of carbonyl (C=O) groups is 1. The smallest absolute Gasteiger partial charge is 0.312 e. The Morgan fingerprint density at radius 3 is 2.74 bits per heavy atom. The maximum atomic E-state index is 13.5. The van der Waals surface area contributed by atoms with Crippen LogP contribution in [0, 0.1) is 23.2 Å². The van der Waals surface area contributed by atoms with E-state index in [1.54, 1.807) is 14.0 Å². The van der Waals surface area contributed by atoms with Crippen molar-refractivity contribution in [3.63, 3.8) is 0 Å². The third kappa shape index (κ3) is 4.19. The lowest BCUT2D eigenvalue weighted by molar-refractivity contribution is -0.265. The molecule has 38 heavy (non-hydrogen) atoms. The summed E-state index contributed by atoms with van der Waals surface area (Å²) in [5, 5.41) is 32.2. The second-order valence-corrected chi connectivity index (χ2v) is 12.2. The Kier molecular flexibility index (Phi) is 6.80. The number of rotatable bonds is 3. The number of aliphatic hydroxyl groups is 3. The SMILES string of the molecule is CO[C@@H]1C[C@H](O[C@H]2CC[C@@]3(C)C(=C[C@@H](O)[C@H]4C(=O)O[C@@H]5CO[C@]6(C)O[C@@H](O)/C(=C\C[C@@H]43)[C@H]56)C2)O[C@H](C)[C@H]1O. The molecule has 0 amide bonds. The van der Waals surface area contributed by atoms with Gasteiger partial charge in [0.2, 0.25) is 0 Å². The predicted molar refractivity (Wildman–Crippen MR) is 131 cm³/mol. The molecule has 0 spiro atoms. The van der Waals surface area contributed by atoms with Gasteiger partial charge in [0.25, 0.3) is 0 Å². The van der Waals surface area contributed by atoms with Crippen LogP contribution in [0.2, 0.25) is 0 Å². The van der Waals surface area contributed by atoms with Crippen LogP contribution < -0.4 is 0 Å². The molecule has 4 heterocycles. The zero-order valence-corrected chi connectivity index (χ0v) is 22.4. The van der Waals surface area contributed by atoms with Crippen molar-refractivity contribution in [2.75, 3.05) is 13.7 Å². The largest absolute Gasteiger partial charge is 0.459 e. The van der Waals surface area contributed by atoms with Crippen LogP contribution in [0.25, 0.3) is 0 Å². The Hall–Kier alpha value is -1.37. The van der Waals surface area contributed by atoms with Gasteiger partial charge in [-0.3, -0.25) is 4.79 Å². The number of fused-ring (bicyclic) bond motifs is 3. The van der Waals surface area contributed by atoms with Crippen molar-refractivity contribution in [1.82, 2.24) is 0 Å². The number of hydrogen-bond acceptors (Lipinski definition) is 10. The summed E-state index contributed by atoms with van der Waals surface area (Å²) in [5.74, 6) is -2.77. The first-order valence-electron chi connectivity index (χ1n) is 13.9. The molecule has 10 nitrogen and oxygen atoms in total. The van der Waals surface area contributed by atoms with E-state index in [9.17, 15) is 20.1 Å². The predicted octanol–water partition coefficient (Wildman–Crippen LogP) is 1.56. The van der Waals surface area contributed by atoms with Crippen molar-refractivity contribution in [1.29, 1.82) is 0 Å². The summed E-state index contributed by atoms with van der Waals surface area (Å²) in [6, 6.07) is 0. The monoisotopic (exact) mass is 536 g/mol. The van der Waals surface area contributed by atoms with Gasteiger partial charge in [-0.05, 0) is 56.4 Å². The quantitative estimate of drug-likeness (QED) is 0.360. The number of carbonyl (C=O) groups excluding carboxylic acids is 1. The normalized spacial score (nSPS) is 53.8. The Morgan fingerprint density at radius 1 is 1.18 bits per heavy atom. The van der Waals surface area contributed by atoms with Gasteiger partial charge in [-0.25, -0.2) is 0 Å². The molecule has 6 aliphatic rings. The van der Waals surface area contributed by atoms with Gasteiger partial charge < -0.3 is 43.7 Å². The van der Waals surface area contributed by atoms with Crippen LogP contribution >= 0.6 is 0 Å². The minimum Gasteiger partial charge on any atom is -0.459 e. The third-order valence-corrected chi connectivity index (χ3v) is 10.1. The van der Waals surface area contributed by atoms with Gasteiger partial charge >= 0.3 is 5.97 Å². The third-order valence-electron chi connectivity index (χ3n) is 10.1. The molecule has 6 rings (SSSR count). The van der Waals surface area contributed by atoms with Gasteiger partial charge in [0.1, 0.15) is 12.2 Å². The Balaban J connectivity index is 1.24. The van der Waals surface area contributed by atoms with Crippen LogP contribution in [0.4, 0.5) is 0 Å². The number of methoxy groups -OCH3 is 1. The minimum absolute atomic E-state index is 0.119. The van der Waals surface area contributed by atoms with E-state index in [4.69, 9.17) is 28.4 Å². The summed E-state index contributed by atoms with van der Waals surface area (Å²) in [5.41, 5.74) is 1.40. The van der Waals surface area contributed by atoms with Crippen molar-refractivity contribution >= 4 is 5.97 Å². The zero-order chi connectivity index (χ0) is 27.0. The second-order valence-electron chi connectivity index (χ2n) is 12.2. The highest BCUT2D eigenvalue weighted by Crippen LogP contribution is 2.57. The zero-order valence-electron chi connectivity index (χ0n) is 22.4. The molecule has 10 heteroatoms. The second kappa shape index (κ2) is 9.62. The highest BCUT2D eigenvalue weighted by atomic mass is 16.8. The number of hydrogen-bond donors (Lipinski definition) is 3. The number of esters is 1. The fourth-order valence-electron chi connectivity index (χ4n) is 7.86. The molecule has 2 aliphatic carbocycles. The molecule has 4 aliphatic heterocycles. The van der Waals surface area contributed by atoms with Crippen LogP contribution in [0.1, 0.15) is 52.9 Å². The molecular formula is C28H40O10. The van der Waals surface area contributed by atoms with E-state index >= 15 is 0 Å². The maximum absolute atomic E-state index is 13.5. The molecule has 0 aromatic carbocycles. The molecule has 4 fully saturated rings. The first kappa shape index (κ1) is 26.8. The Labute approximate surface area is 222 Å². The average molecular weight is 537 g/mol. The standard InChI is InChI=1S/C28H40O10/c1-13-24(30)19(33-4)11-21(35-13)36-15-7-8-27(2)14(9-15)10-18(29)22-17(27)6-5-16-23-20(37-26(22)32)12-34-28(23,3)38-25(16)31/h5,10,13,15,17-25,29-31H,6-9,11-12H2,1-4H3/b16-5-/t13-,15+,17+,18-,19-,20-,21+,22+,23-,24-,25-,27+,28-/m1/s1. The molecule has 0 bridgehead atoms. The van der Waals surface area contributed by atoms with Gasteiger partial charge in [0, 0.05) is 13.5 Å². The Morgan fingerprint density at radius 2 is 1.97 bits per heavy atom.